The predicted molar refractivity (Wildman–Crippen MR) is 93.0 cm³/mol. The highest BCUT2D eigenvalue weighted by Crippen LogP contribution is 2.37. The maximum absolute atomic E-state index is 13.2. The number of halogens is 1. The average Bonchev–Trinajstić information content (AvgIpc) is 2.89. The molecule has 0 bridgehead atoms. The van der Waals surface area contributed by atoms with Crippen LogP contribution in [0.5, 0.6) is 0 Å². The summed E-state index contributed by atoms with van der Waals surface area (Å²) in [5.74, 6) is -1.05. The minimum absolute atomic E-state index is 0.0787. The molecule has 0 unspecified atom stereocenters. The third-order valence-corrected chi connectivity index (χ3v) is 4.68. The summed E-state index contributed by atoms with van der Waals surface area (Å²) >= 11 is 0. The Balaban J connectivity index is 1.75. The van der Waals surface area contributed by atoms with Gasteiger partial charge in [-0.25, -0.2) is 4.39 Å². The van der Waals surface area contributed by atoms with Crippen molar-refractivity contribution in [3.63, 3.8) is 0 Å². The Hall–Kier alpha value is -2.69. The molecule has 3 rings (SSSR count). The van der Waals surface area contributed by atoms with Gasteiger partial charge >= 0.3 is 0 Å². The lowest BCUT2D eigenvalue weighted by molar-refractivity contribution is -0.128. The lowest BCUT2D eigenvalue weighted by atomic mass is 9.93. The van der Waals surface area contributed by atoms with Crippen LogP contribution in [0.25, 0.3) is 0 Å². The molecule has 1 aliphatic rings. The SMILES string of the molecule is Cc1cccc(CNC(=O)[C@@H]2CC(=O)N(C)[C@@H]2c2ccc(F)cc2)c1. The Morgan fingerprint density at radius 1 is 1.24 bits per heavy atom. The predicted octanol–water partition coefficient (Wildman–Crippen LogP) is 2.97. The number of carbonyl (C=O) groups excluding carboxylic acids is 2. The second-order valence-electron chi connectivity index (χ2n) is 6.52. The van der Waals surface area contributed by atoms with Crippen molar-refractivity contribution in [2.24, 2.45) is 5.92 Å². The molecule has 2 aromatic rings. The largest absolute Gasteiger partial charge is 0.352 e. The van der Waals surface area contributed by atoms with E-state index in [0.29, 0.717) is 6.54 Å². The third kappa shape index (κ3) is 3.71. The first-order valence-electron chi connectivity index (χ1n) is 8.30. The molecule has 1 saturated heterocycles. The van der Waals surface area contributed by atoms with Gasteiger partial charge in [0.2, 0.25) is 11.8 Å². The molecule has 0 aliphatic carbocycles. The molecule has 2 atom stereocenters. The first-order valence-corrected chi connectivity index (χ1v) is 8.30. The molecule has 0 aromatic heterocycles. The first kappa shape index (κ1) is 17.1. The highest BCUT2D eigenvalue weighted by Gasteiger charge is 2.42. The summed E-state index contributed by atoms with van der Waals surface area (Å²) in [5, 5.41) is 2.93. The van der Waals surface area contributed by atoms with E-state index in [2.05, 4.69) is 5.32 Å². The molecule has 0 radical (unpaired) electrons. The van der Waals surface area contributed by atoms with Crippen LogP contribution in [0, 0.1) is 18.7 Å². The molecule has 0 saturated carbocycles. The molecule has 2 amide bonds. The number of hydrogen-bond acceptors (Lipinski definition) is 2. The van der Waals surface area contributed by atoms with E-state index in [1.807, 2.05) is 31.2 Å². The van der Waals surface area contributed by atoms with Crippen LogP contribution in [0.3, 0.4) is 0 Å². The van der Waals surface area contributed by atoms with Crippen molar-refractivity contribution in [2.45, 2.75) is 25.9 Å². The zero-order chi connectivity index (χ0) is 18.0. The summed E-state index contributed by atoms with van der Waals surface area (Å²) in [6.45, 7) is 2.42. The number of rotatable bonds is 4. The summed E-state index contributed by atoms with van der Waals surface area (Å²) in [6.07, 6.45) is 0.165. The summed E-state index contributed by atoms with van der Waals surface area (Å²) in [7, 11) is 1.68. The Labute approximate surface area is 146 Å². The molecule has 1 aliphatic heterocycles. The van der Waals surface area contributed by atoms with Crippen LogP contribution in [0.15, 0.2) is 48.5 Å². The van der Waals surface area contributed by atoms with Crippen LogP contribution in [-0.2, 0) is 16.1 Å². The quantitative estimate of drug-likeness (QED) is 0.930. The first-order chi connectivity index (χ1) is 12.0. The second-order valence-corrected chi connectivity index (χ2v) is 6.52. The van der Waals surface area contributed by atoms with E-state index in [0.717, 1.165) is 16.7 Å². The van der Waals surface area contributed by atoms with E-state index in [9.17, 15) is 14.0 Å². The normalized spacial score (nSPS) is 20.0. The number of amides is 2. The van der Waals surface area contributed by atoms with Crippen LogP contribution in [0.1, 0.15) is 29.2 Å². The van der Waals surface area contributed by atoms with Crippen LogP contribution in [0.4, 0.5) is 4.39 Å². The Bertz CT molecular complexity index is 789. The monoisotopic (exact) mass is 340 g/mol. The van der Waals surface area contributed by atoms with Gasteiger partial charge in [-0.15, -0.1) is 0 Å². The van der Waals surface area contributed by atoms with Crippen molar-refractivity contribution >= 4 is 11.8 Å². The summed E-state index contributed by atoms with van der Waals surface area (Å²) in [6, 6.07) is 13.5. The Morgan fingerprint density at radius 3 is 2.64 bits per heavy atom. The second kappa shape index (κ2) is 7.05. The molecule has 2 aromatic carbocycles. The fourth-order valence-electron chi connectivity index (χ4n) is 3.36. The topological polar surface area (TPSA) is 49.4 Å². The van der Waals surface area contributed by atoms with E-state index in [1.165, 1.54) is 12.1 Å². The van der Waals surface area contributed by atoms with E-state index >= 15 is 0 Å². The molecule has 1 fully saturated rings. The van der Waals surface area contributed by atoms with E-state index in [-0.39, 0.29) is 30.1 Å². The van der Waals surface area contributed by atoms with Gasteiger partial charge in [0.05, 0.1) is 12.0 Å². The fourth-order valence-corrected chi connectivity index (χ4v) is 3.36. The van der Waals surface area contributed by atoms with Crippen LogP contribution < -0.4 is 5.32 Å². The third-order valence-electron chi connectivity index (χ3n) is 4.68. The van der Waals surface area contributed by atoms with E-state index in [1.54, 1.807) is 24.1 Å². The van der Waals surface area contributed by atoms with Gasteiger partial charge in [0, 0.05) is 20.0 Å². The summed E-state index contributed by atoms with van der Waals surface area (Å²) < 4.78 is 13.2. The van der Waals surface area contributed by atoms with Gasteiger partial charge in [0.1, 0.15) is 5.82 Å². The smallest absolute Gasteiger partial charge is 0.226 e. The zero-order valence-corrected chi connectivity index (χ0v) is 14.3. The van der Waals surface area contributed by atoms with Crippen LogP contribution in [0.2, 0.25) is 0 Å². The van der Waals surface area contributed by atoms with Crippen molar-refractivity contribution in [3.8, 4) is 0 Å². The van der Waals surface area contributed by atoms with Gasteiger partial charge in [-0.2, -0.15) is 0 Å². The van der Waals surface area contributed by atoms with Crippen molar-refractivity contribution in [3.05, 3.63) is 71.0 Å². The fraction of sp³-hybridized carbons (Fsp3) is 0.300. The van der Waals surface area contributed by atoms with Crippen molar-refractivity contribution < 1.29 is 14.0 Å². The van der Waals surface area contributed by atoms with Crippen molar-refractivity contribution in [1.82, 2.24) is 10.2 Å². The van der Waals surface area contributed by atoms with E-state index in [4.69, 9.17) is 0 Å². The molecule has 4 nitrogen and oxygen atoms in total. The van der Waals surface area contributed by atoms with Gasteiger partial charge in [-0.3, -0.25) is 9.59 Å². The number of carbonyl (C=O) groups is 2. The minimum atomic E-state index is -0.479. The van der Waals surface area contributed by atoms with Crippen LogP contribution >= 0.6 is 0 Å². The number of nitrogens with one attached hydrogen (secondary N) is 1. The van der Waals surface area contributed by atoms with Crippen molar-refractivity contribution in [1.29, 1.82) is 0 Å². The Kier molecular flexibility index (Phi) is 4.83. The number of likely N-dealkylation sites (tertiary alicyclic amines) is 1. The molecule has 1 heterocycles. The average molecular weight is 340 g/mol. The Morgan fingerprint density at radius 2 is 1.96 bits per heavy atom. The van der Waals surface area contributed by atoms with Gasteiger partial charge < -0.3 is 10.2 Å². The number of nitrogens with zero attached hydrogens (tertiary/aromatic N) is 1. The summed E-state index contributed by atoms with van der Waals surface area (Å²) in [4.78, 5) is 26.4. The van der Waals surface area contributed by atoms with E-state index < -0.39 is 5.92 Å². The molecule has 0 spiro atoms. The standard InChI is InChI=1S/C20H21FN2O2/c1-13-4-3-5-14(10-13)12-22-20(25)17-11-18(24)23(2)19(17)15-6-8-16(21)9-7-15/h3-10,17,19H,11-12H2,1-2H3,(H,22,25)/t17-,19-/m1/s1. The highest BCUT2D eigenvalue weighted by molar-refractivity contribution is 5.90. The number of hydrogen-bond donors (Lipinski definition) is 1. The van der Waals surface area contributed by atoms with Crippen molar-refractivity contribution in [2.75, 3.05) is 7.05 Å². The van der Waals surface area contributed by atoms with Gasteiger partial charge in [0.15, 0.2) is 0 Å². The molecular formula is C20H21FN2O2. The molecule has 1 N–H and O–H groups in total. The minimum Gasteiger partial charge on any atom is -0.352 e. The van der Waals surface area contributed by atoms with Gasteiger partial charge in [-0.05, 0) is 30.2 Å². The maximum Gasteiger partial charge on any atom is 0.226 e. The van der Waals surface area contributed by atoms with Gasteiger partial charge in [0.25, 0.3) is 0 Å². The summed E-state index contributed by atoms with van der Waals surface area (Å²) in [5.41, 5.74) is 2.92. The molecular weight excluding hydrogens is 319 g/mol. The highest BCUT2D eigenvalue weighted by atomic mass is 19.1. The lowest BCUT2D eigenvalue weighted by Gasteiger charge is -2.25. The lowest BCUT2D eigenvalue weighted by Crippen LogP contribution is -2.34. The maximum atomic E-state index is 13.2. The molecule has 130 valence electrons. The van der Waals surface area contributed by atoms with Gasteiger partial charge in [-0.1, -0.05) is 42.0 Å². The number of benzene rings is 2. The molecule has 5 heteroatoms. The number of aryl methyl sites for hydroxylation is 1. The van der Waals surface area contributed by atoms with Crippen LogP contribution in [-0.4, -0.2) is 23.8 Å². The zero-order valence-electron chi connectivity index (χ0n) is 14.3. The molecule has 25 heavy (non-hydrogen) atoms.